The average molecular weight is 460 g/mol. The van der Waals surface area contributed by atoms with Crippen molar-refractivity contribution in [3.05, 3.63) is 78.2 Å². The van der Waals surface area contributed by atoms with Gasteiger partial charge in [-0.15, -0.1) is 6.58 Å². The summed E-state index contributed by atoms with van der Waals surface area (Å²) in [4.78, 5) is 32.0. The number of benzene rings is 2. The molecule has 2 N–H and O–H groups in total. The van der Waals surface area contributed by atoms with Gasteiger partial charge in [0.2, 0.25) is 17.6 Å². The number of nitrogens with one attached hydrogen (secondary N) is 2. The van der Waals surface area contributed by atoms with E-state index in [9.17, 15) is 9.59 Å². The SMILES string of the molecule is C=CCNC(=O)c1ccccc1NC(=O)C1CCN(Cc2nc(-c3ccccc3C)no2)CC1. The van der Waals surface area contributed by atoms with Gasteiger partial charge in [0.25, 0.3) is 5.91 Å². The van der Waals surface area contributed by atoms with Crippen LogP contribution in [0.15, 0.2) is 65.7 Å². The third-order valence-corrected chi connectivity index (χ3v) is 6.01. The Morgan fingerprint density at radius 1 is 1.15 bits per heavy atom. The van der Waals surface area contributed by atoms with Crippen molar-refractivity contribution in [2.45, 2.75) is 26.3 Å². The van der Waals surface area contributed by atoms with E-state index in [0.717, 1.165) is 37.1 Å². The highest BCUT2D eigenvalue weighted by Gasteiger charge is 2.27. The summed E-state index contributed by atoms with van der Waals surface area (Å²) in [6.45, 7) is 8.05. The van der Waals surface area contributed by atoms with Gasteiger partial charge in [0.1, 0.15) is 0 Å². The van der Waals surface area contributed by atoms with E-state index in [1.54, 1.807) is 30.3 Å². The van der Waals surface area contributed by atoms with E-state index in [2.05, 4.69) is 32.3 Å². The number of anilines is 1. The van der Waals surface area contributed by atoms with Crippen molar-refractivity contribution < 1.29 is 14.1 Å². The highest BCUT2D eigenvalue weighted by Crippen LogP contribution is 2.24. The predicted molar refractivity (Wildman–Crippen MR) is 130 cm³/mol. The molecule has 0 unspecified atom stereocenters. The van der Waals surface area contributed by atoms with Crippen LogP contribution >= 0.6 is 0 Å². The summed E-state index contributed by atoms with van der Waals surface area (Å²) in [6.07, 6.45) is 3.05. The standard InChI is InChI=1S/C26H29N5O3/c1-3-14-27-26(33)21-10-6-7-11-22(21)28-25(32)19-12-15-31(16-13-19)17-23-29-24(30-34-23)20-9-5-4-8-18(20)2/h3-11,19H,1,12-17H2,2H3,(H,27,33)(H,28,32). The number of para-hydroxylation sites is 1. The average Bonchev–Trinajstić information content (AvgIpc) is 3.31. The summed E-state index contributed by atoms with van der Waals surface area (Å²) in [5, 5.41) is 9.82. The summed E-state index contributed by atoms with van der Waals surface area (Å²) in [6, 6.07) is 15.0. The summed E-state index contributed by atoms with van der Waals surface area (Å²) < 4.78 is 5.47. The fourth-order valence-electron chi connectivity index (χ4n) is 4.08. The molecule has 1 aromatic heterocycles. The maximum Gasteiger partial charge on any atom is 0.253 e. The Balaban J connectivity index is 1.31. The van der Waals surface area contributed by atoms with Gasteiger partial charge >= 0.3 is 0 Å². The van der Waals surface area contributed by atoms with Crippen molar-refractivity contribution in [1.82, 2.24) is 20.4 Å². The first kappa shape index (κ1) is 23.4. The topological polar surface area (TPSA) is 100 Å². The zero-order chi connectivity index (χ0) is 23.9. The van der Waals surface area contributed by atoms with E-state index in [0.29, 0.717) is 36.1 Å². The first-order valence-corrected chi connectivity index (χ1v) is 11.4. The molecule has 0 radical (unpaired) electrons. The lowest BCUT2D eigenvalue weighted by Gasteiger charge is -2.30. The number of piperidine rings is 1. The lowest BCUT2D eigenvalue weighted by atomic mass is 9.95. The molecular weight excluding hydrogens is 430 g/mol. The number of nitrogens with zero attached hydrogens (tertiary/aromatic N) is 3. The number of likely N-dealkylation sites (tertiary alicyclic amines) is 1. The van der Waals surface area contributed by atoms with E-state index in [1.165, 1.54) is 0 Å². The summed E-state index contributed by atoms with van der Waals surface area (Å²) >= 11 is 0. The van der Waals surface area contributed by atoms with Gasteiger partial charge in [0.05, 0.1) is 17.8 Å². The van der Waals surface area contributed by atoms with Crippen LogP contribution in [0.4, 0.5) is 5.69 Å². The van der Waals surface area contributed by atoms with Gasteiger partial charge in [0.15, 0.2) is 0 Å². The summed E-state index contributed by atoms with van der Waals surface area (Å²) in [5.74, 6) is 0.739. The molecule has 8 nitrogen and oxygen atoms in total. The smallest absolute Gasteiger partial charge is 0.253 e. The van der Waals surface area contributed by atoms with Crippen LogP contribution in [-0.4, -0.2) is 46.5 Å². The summed E-state index contributed by atoms with van der Waals surface area (Å²) in [5.41, 5.74) is 3.02. The van der Waals surface area contributed by atoms with Gasteiger partial charge < -0.3 is 15.2 Å². The predicted octanol–water partition coefficient (Wildman–Crippen LogP) is 3.81. The largest absolute Gasteiger partial charge is 0.349 e. The molecule has 0 saturated carbocycles. The number of aryl methyl sites for hydroxylation is 1. The van der Waals surface area contributed by atoms with E-state index in [4.69, 9.17) is 4.52 Å². The van der Waals surface area contributed by atoms with Crippen molar-refractivity contribution in [3.8, 4) is 11.4 Å². The number of carbonyl (C=O) groups is 2. The van der Waals surface area contributed by atoms with Crippen LogP contribution in [0.1, 0.15) is 34.7 Å². The highest BCUT2D eigenvalue weighted by atomic mass is 16.5. The number of carbonyl (C=O) groups excluding carboxylic acids is 2. The second-order valence-corrected chi connectivity index (χ2v) is 8.41. The molecule has 0 aliphatic carbocycles. The van der Waals surface area contributed by atoms with Crippen LogP contribution in [0.3, 0.4) is 0 Å². The van der Waals surface area contributed by atoms with E-state index in [1.807, 2.05) is 31.2 Å². The van der Waals surface area contributed by atoms with Gasteiger partial charge in [-0.25, -0.2) is 0 Å². The number of hydrogen-bond donors (Lipinski definition) is 2. The molecule has 1 fully saturated rings. The number of hydrogen-bond acceptors (Lipinski definition) is 6. The minimum absolute atomic E-state index is 0.0664. The number of aromatic nitrogens is 2. The number of rotatable bonds is 8. The van der Waals surface area contributed by atoms with Gasteiger partial charge in [-0.1, -0.05) is 47.6 Å². The molecule has 1 saturated heterocycles. The zero-order valence-corrected chi connectivity index (χ0v) is 19.3. The van der Waals surface area contributed by atoms with Crippen molar-refractivity contribution in [2.24, 2.45) is 5.92 Å². The molecule has 0 atom stereocenters. The Morgan fingerprint density at radius 3 is 2.65 bits per heavy atom. The fraction of sp³-hybridized carbons (Fsp3) is 0.308. The highest BCUT2D eigenvalue weighted by molar-refractivity contribution is 6.04. The molecule has 34 heavy (non-hydrogen) atoms. The molecule has 176 valence electrons. The summed E-state index contributed by atoms with van der Waals surface area (Å²) in [7, 11) is 0. The molecule has 0 spiro atoms. The Bertz CT molecular complexity index is 1160. The normalized spacial score (nSPS) is 14.5. The molecule has 2 heterocycles. The van der Waals surface area contributed by atoms with Crippen LogP contribution in [-0.2, 0) is 11.3 Å². The zero-order valence-electron chi connectivity index (χ0n) is 19.3. The van der Waals surface area contributed by atoms with Crippen LogP contribution in [0, 0.1) is 12.8 Å². The van der Waals surface area contributed by atoms with Crippen molar-refractivity contribution in [2.75, 3.05) is 25.0 Å². The Hall–Kier alpha value is -3.78. The second kappa shape index (κ2) is 10.9. The number of amides is 2. The molecule has 0 bridgehead atoms. The lowest BCUT2D eigenvalue weighted by molar-refractivity contribution is -0.121. The van der Waals surface area contributed by atoms with Crippen LogP contribution in [0.5, 0.6) is 0 Å². The maximum absolute atomic E-state index is 12.9. The quantitative estimate of drug-likeness (QED) is 0.497. The lowest BCUT2D eigenvalue weighted by Crippen LogP contribution is -2.38. The van der Waals surface area contributed by atoms with Gasteiger partial charge in [-0.2, -0.15) is 4.98 Å². The second-order valence-electron chi connectivity index (χ2n) is 8.41. The van der Waals surface area contributed by atoms with Gasteiger partial charge in [-0.05, 0) is 50.6 Å². The molecular formula is C26H29N5O3. The molecule has 1 aliphatic rings. The first-order valence-electron chi connectivity index (χ1n) is 11.4. The van der Waals surface area contributed by atoms with Gasteiger partial charge in [-0.3, -0.25) is 14.5 Å². The minimum Gasteiger partial charge on any atom is -0.349 e. The molecule has 2 amide bonds. The van der Waals surface area contributed by atoms with Gasteiger partial charge in [0, 0.05) is 18.0 Å². The van der Waals surface area contributed by atoms with E-state index in [-0.39, 0.29) is 17.7 Å². The fourth-order valence-corrected chi connectivity index (χ4v) is 4.08. The molecule has 4 rings (SSSR count). The van der Waals surface area contributed by atoms with Crippen LogP contribution in [0.25, 0.3) is 11.4 Å². The third kappa shape index (κ3) is 5.58. The monoisotopic (exact) mass is 459 g/mol. The van der Waals surface area contributed by atoms with Crippen LogP contribution in [0.2, 0.25) is 0 Å². The van der Waals surface area contributed by atoms with Crippen LogP contribution < -0.4 is 10.6 Å². The van der Waals surface area contributed by atoms with Crippen molar-refractivity contribution in [3.63, 3.8) is 0 Å². The Labute approximate surface area is 199 Å². The molecule has 3 aromatic rings. The van der Waals surface area contributed by atoms with Crippen molar-refractivity contribution in [1.29, 1.82) is 0 Å². The maximum atomic E-state index is 12.9. The Kier molecular flexibility index (Phi) is 7.49. The van der Waals surface area contributed by atoms with E-state index < -0.39 is 0 Å². The van der Waals surface area contributed by atoms with E-state index >= 15 is 0 Å². The third-order valence-electron chi connectivity index (χ3n) is 6.01. The minimum atomic E-state index is -0.241. The Morgan fingerprint density at radius 2 is 1.88 bits per heavy atom. The first-order chi connectivity index (χ1) is 16.5. The van der Waals surface area contributed by atoms with Crippen molar-refractivity contribution >= 4 is 17.5 Å². The molecule has 1 aliphatic heterocycles. The molecule has 2 aromatic carbocycles. The molecule has 8 heteroatoms.